The van der Waals surface area contributed by atoms with E-state index < -0.39 is 0 Å². The van der Waals surface area contributed by atoms with Crippen LogP contribution in [0.2, 0.25) is 0 Å². The van der Waals surface area contributed by atoms with Gasteiger partial charge in [-0.15, -0.1) is 0 Å². The summed E-state index contributed by atoms with van der Waals surface area (Å²) in [5, 5.41) is 0. The summed E-state index contributed by atoms with van der Waals surface area (Å²) >= 11 is 0. The monoisotopic (exact) mass is 268 g/mol. The number of hydrogen-bond donors (Lipinski definition) is 0. The summed E-state index contributed by atoms with van der Waals surface area (Å²) in [7, 11) is 0. The normalized spacial score (nSPS) is 10.9. The maximum atomic E-state index is 5.70. The van der Waals surface area contributed by atoms with Crippen molar-refractivity contribution in [3.8, 4) is 11.5 Å². The first-order chi connectivity index (χ1) is 9.81. The topological polar surface area (TPSA) is 55.1 Å². The van der Waals surface area contributed by atoms with Gasteiger partial charge in [0.1, 0.15) is 5.52 Å². The molecule has 0 aliphatic heterocycles. The van der Waals surface area contributed by atoms with E-state index in [4.69, 9.17) is 4.42 Å². The van der Waals surface area contributed by atoms with E-state index in [2.05, 4.69) is 33.7 Å². The minimum absolute atomic E-state index is 0.553. The molecule has 20 heavy (non-hydrogen) atoms. The molecule has 3 rings (SSSR count). The van der Waals surface area contributed by atoms with Crippen LogP contribution in [0.15, 0.2) is 41.1 Å². The Labute approximate surface area is 117 Å². The lowest BCUT2D eigenvalue weighted by Crippen LogP contribution is -2.23. The number of oxazole rings is 1. The minimum atomic E-state index is 0.553. The van der Waals surface area contributed by atoms with Gasteiger partial charge in [0.25, 0.3) is 0 Å². The summed E-state index contributed by atoms with van der Waals surface area (Å²) in [5.41, 5.74) is 2.41. The third-order valence-corrected chi connectivity index (χ3v) is 3.23. The molecule has 1 aromatic carbocycles. The fourth-order valence-electron chi connectivity index (χ4n) is 2.10. The second kappa shape index (κ2) is 5.28. The molecule has 0 bridgehead atoms. The van der Waals surface area contributed by atoms with Crippen molar-refractivity contribution >= 4 is 17.0 Å². The highest BCUT2D eigenvalue weighted by molar-refractivity contribution is 5.75. The van der Waals surface area contributed by atoms with E-state index in [1.807, 2.05) is 24.3 Å². The van der Waals surface area contributed by atoms with Gasteiger partial charge >= 0.3 is 0 Å². The van der Waals surface area contributed by atoms with Crippen molar-refractivity contribution in [2.45, 2.75) is 13.8 Å². The maximum Gasteiger partial charge on any atom is 0.230 e. The van der Waals surface area contributed by atoms with E-state index >= 15 is 0 Å². The second-order valence-electron chi connectivity index (χ2n) is 4.43. The molecule has 0 saturated heterocycles. The van der Waals surface area contributed by atoms with Gasteiger partial charge in [0.05, 0.1) is 5.56 Å². The Kier molecular flexibility index (Phi) is 3.33. The molecular formula is C15H16N4O. The average molecular weight is 268 g/mol. The summed E-state index contributed by atoms with van der Waals surface area (Å²) in [5.74, 6) is 1.28. The second-order valence-corrected chi connectivity index (χ2v) is 4.43. The summed E-state index contributed by atoms with van der Waals surface area (Å²) in [6, 6.07) is 7.69. The smallest absolute Gasteiger partial charge is 0.230 e. The molecule has 0 radical (unpaired) electrons. The van der Waals surface area contributed by atoms with E-state index in [1.54, 1.807) is 12.4 Å². The first kappa shape index (κ1) is 12.6. The number of nitrogens with zero attached hydrogens (tertiary/aromatic N) is 4. The zero-order valence-corrected chi connectivity index (χ0v) is 11.6. The number of aromatic nitrogens is 3. The van der Waals surface area contributed by atoms with Crippen molar-refractivity contribution < 1.29 is 4.42 Å². The molecule has 0 fully saturated rings. The molecule has 3 aromatic rings. The van der Waals surface area contributed by atoms with Crippen LogP contribution < -0.4 is 4.90 Å². The lowest BCUT2D eigenvalue weighted by atomic mass is 10.3. The van der Waals surface area contributed by atoms with Gasteiger partial charge in [0.2, 0.25) is 11.8 Å². The molecule has 2 heterocycles. The molecule has 0 spiro atoms. The third kappa shape index (κ3) is 2.22. The van der Waals surface area contributed by atoms with Crippen LogP contribution in [0.4, 0.5) is 5.95 Å². The molecule has 0 atom stereocenters. The SMILES string of the molecule is CCN(CC)c1ncc(-c2nc3ccccc3o2)cn1. The summed E-state index contributed by atoms with van der Waals surface area (Å²) in [4.78, 5) is 15.3. The molecular weight excluding hydrogens is 252 g/mol. The van der Waals surface area contributed by atoms with Crippen molar-refractivity contribution in [3.05, 3.63) is 36.7 Å². The number of hydrogen-bond acceptors (Lipinski definition) is 5. The Hall–Kier alpha value is -2.43. The maximum absolute atomic E-state index is 5.70. The van der Waals surface area contributed by atoms with Crippen molar-refractivity contribution in [1.82, 2.24) is 15.0 Å². The number of para-hydroxylation sites is 2. The van der Waals surface area contributed by atoms with Gasteiger partial charge in [0.15, 0.2) is 5.58 Å². The van der Waals surface area contributed by atoms with E-state index in [-0.39, 0.29) is 0 Å². The lowest BCUT2D eigenvalue weighted by molar-refractivity contribution is 0.619. The van der Waals surface area contributed by atoms with Gasteiger partial charge in [0, 0.05) is 25.5 Å². The van der Waals surface area contributed by atoms with Crippen LogP contribution >= 0.6 is 0 Å². The van der Waals surface area contributed by atoms with Gasteiger partial charge in [-0.2, -0.15) is 0 Å². The van der Waals surface area contributed by atoms with Crippen molar-refractivity contribution in [3.63, 3.8) is 0 Å². The zero-order valence-electron chi connectivity index (χ0n) is 11.6. The average Bonchev–Trinajstić information content (AvgIpc) is 2.93. The Morgan fingerprint density at radius 2 is 1.75 bits per heavy atom. The fourth-order valence-corrected chi connectivity index (χ4v) is 2.10. The largest absolute Gasteiger partial charge is 0.436 e. The van der Waals surface area contributed by atoms with Crippen molar-refractivity contribution in [2.24, 2.45) is 0 Å². The molecule has 2 aromatic heterocycles. The van der Waals surface area contributed by atoms with E-state index in [0.29, 0.717) is 5.89 Å². The minimum Gasteiger partial charge on any atom is -0.436 e. The van der Waals surface area contributed by atoms with Gasteiger partial charge < -0.3 is 9.32 Å². The predicted molar refractivity (Wildman–Crippen MR) is 78.6 cm³/mol. The molecule has 0 amide bonds. The standard InChI is InChI=1S/C15H16N4O/c1-3-19(4-2)15-16-9-11(10-17-15)14-18-12-7-5-6-8-13(12)20-14/h5-10H,3-4H2,1-2H3. The van der Waals surface area contributed by atoms with Crippen molar-refractivity contribution in [1.29, 1.82) is 0 Å². The first-order valence-electron chi connectivity index (χ1n) is 6.74. The van der Waals surface area contributed by atoms with Gasteiger partial charge in [-0.3, -0.25) is 0 Å². The van der Waals surface area contributed by atoms with Crippen molar-refractivity contribution in [2.75, 3.05) is 18.0 Å². The third-order valence-electron chi connectivity index (χ3n) is 3.23. The van der Waals surface area contributed by atoms with Gasteiger partial charge in [-0.25, -0.2) is 15.0 Å². The summed E-state index contributed by atoms with van der Waals surface area (Å²) < 4.78 is 5.70. The van der Waals surface area contributed by atoms with E-state index in [9.17, 15) is 0 Å². The highest BCUT2D eigenvalue weighted by Crippen LogP contribution is 2.23. The summed E-state index contributed by atoms with van der Waals surface area (Å²) in [6.07, 6.45) is 3.51. The number of fused-ring (bicyclic) bond motifs is 1. The molecule has 0 unspecified atom stereocenters. The van der Waals surface area contributed by atoms with Gasteiger partial charge in [-0.05, 0) is 26.0 Å². The Bertz CT molecular complexity index is 668. The Balaban J connectivity index is 1.94. The van der Waals surface area contributed by atoms with Crippen LogP contribution in [0.1, 0.15) is 13.8 Å². The summed E-state index contributed by atoms with van der Waals surface area (Å²) in [6.45, 7) is 5.95. The molecule has 0 aliphatic carbocycles. The Morgan fingerprint density at radius 3 is 2.40 bits per heavy atom. The molecule has 5 nitrogen and oxygen atoms in total. The Morgan fingerprint density at radius 1 is 1.05 bits per heavy atom. The van der Waals surface area contributed by atoms with Crippen LogP contribution in [0.5, 0.6) is 0 Å². The van der Waals surface area contributed by atoms with Gasteiger partial charge in [-0.1, -0.05) is 12.1 Å². The number of rotatable bonds is 4. The van der Waals surface area contributed by atoms with E-state index in [0.717, 1.165) is 35.7 Å². The molecule has 102 valence electrons. The molecule has 0 aliphatic rings. The first-order valence-corrected chi connectivity index (χ1v) is 6.74. The predicted octanol–water partition coefficient (Wildman–Crippen LogP) is 3.13. The molecule has 0 N–H and O–H groups in total. The van der Waals surface area contributed by atoms with Crippen LogP contribution in [0, 0.1) is 0 Å². The lowest BCUT2D eigenvalue weighted by Gasteiger charge is -2.17. The highest BCUT2D eigenvalue weighted by Gasteiger charge is 2.10. The van der Waals surface area contributed by atoms with Crippen LogP contribution in [0.25, 0.3) is 22.6 Å². The number of benzene rings is 1. The number of anilines is 1. The quantitative estimate of drug-likeness (QED) is 0.727. The van der Waals surface area contributed by atoms with Crippen LogP contribution in [-0.4, -0.2) is 28.0 Å². The fraction of sp³-hybridized carbons (Fsp3) is 0.267. The molecule has 5 heteroatoms. The van der Waals surface area contributed by atoms with Crippen LogP contribution in [-0.2, 0) is 0 Å². The van der Waals surface area contributed by atoms with E-state index in [1.165, 1.54) is 0 Å². The molecule has 0 saturated carbocycles. The van der Waals surface area contributed by atoms with Crippen LogP contribution in [0.3, 0.4) is 0 Å². The zero-order chi connectivity index (χ0) is 13.9. The highest BCUT2D eigenvalue weighted by atomic mass is 16.3.